The zero-order valence-electron chi connectivity index (χ0n) is 11.9. The van der Waals surface area contributed by atoms with E-state index in [9.17, 15) is 13.9 Å². The number of halogens is 2. The highest BCUT2D eigenvalue weighted by atomic mass is 19.3. The summed E-state index contributed by atoms with van der Waals surface area (Å²) in [6.45, 7) is 0.720. The van der Waals surface area contributed by atoms with E-state index in [1.165, 1.54) is 19.2 Å². The molecule has 3 N–H and O–H groups in total. The van der Waals surface area contributed by atoms with Crippen LogP contribution in [0, 0.1) is 0 Å². The molecule has 21 heavy (non-hydrogen) atoms. The molecule has 0 spiro atoms. The number of alkyl halides is 2. The van der Waals surface area contributed by atoms with Gasteiger partial charge >= 0.3 is 0 Å². The summed E-state index contributed by atoms with van der Waals surface area (Å²) in [5.41, 5.74) is 0.0651. The fourth-order valence-electron chi connectivity index (χ4n) is 2.64. The molecule has 0 unspecified atom stereocenters. The van der Waals surface area contributed by atoms with Gasteiger partial charge < -0.3 is 20.3 Å². The van der Waals surface area contributed by atoms with Gasteiger partial charge in [-0.1, -0.05) is 12.1 Å². The molecule has 1 atom stereocenters. The summed E-state index contributed by atoms with van der Waals surface area (Å²) in [6.07, 6.45) is 0. The van der Waals surface area contributed by atoms with Crippen molar-refractivity contribution in [2.75, 3.05) is 39.9 Å². The highest BCUT2D eigenvalue weighted by Crippen LogP contribution is 2.43. The number of piperazine rings is 1. The number of aliphatic hydroxyl groups excluding tert-OH is 1. The van der Waals surface area contributed by atoms with Crippen LogP contribution < -0.4 is 10.1 Å². The quantitative estimate of drug-likeness (QED) is 0.756. The van der Waals surface area contributed by atoms with Crippen LogP contribution in [0.4, 0.5) is 8.78 Å². The molecule has 7 heteroatoms. The number of phenolic OH excluding ortho intramolecular Hbond substituents is 1. The van der Waals surface area contributed by atoms with Crippen molar-refractivity contribution in [2.45, 2.75) is 12.0 Å². The minimum atomic E-state index is -3.36. The molecule has 0 aliphatic carbocycles. The number of nitrogens with one attached hydrogen (secondary N) is 1. The minimum Gasteiger partial charge on any atom is -0.504 e. The Bertz CT molecular complexity index is 479. The number of nitrogens with zero attached hydrogens (tertiary/aromatic N) is 1. The average Bonchev–Trinajstić information content (AvgIpc) is 2.50. The van der Waals surface area contributed by atoms with Crippen LogP contribution in [0.5, 0.6) is 11.5 Å². The molecular weight excluding hydrogens is 282 g/mol. The van der Waals surface area contributed by atoms with Gasteiger partial charge in [0, 0.05) is 31.7 Å². The maximum Gasteiger partial charge on any atom is 0.290 e. The van der Waals surface area contributed by atoms with Crippen molar-refractivity contribution >= 4 is 0 Å². The molecule has 0 amide bonds. The largest absolute Gasteiger partial charge is 0.504 e. The number of benzene rings is 1. The maximum atomic E-state index is 14.2. The van der Waals surface area contributed by atoms with Gasteiger partial charge in [-0.3, -0.25) is 4.90 Å². The summed E-state index contributed by atoms with van der Waals surface area (Å²) in [5, 5.41) is 22.3. The van der Waals surface area contributed by atoms with E-state index in [0.717, 1.165) is 0 Å². The van der Waals surface area contributed by atoms with E-state index in [1.807, 2.05) is 0 Å². The molecule has 1 aromatic rings. The van der Waals surface area contributed by atoms with Crippen molar-refractivity contribution in [3.05, 3.63) is 23.8 Å². The van der Waals surface area contributed by atoms with E-state index in [2.05, 4.69) is 5.32 Å². The molecule has 1 heterocycles. The molecule has 1 fully saturated rings. The van der Waals surface area contributed by atoms with Gasteiger partial charge in [0.25, 0.3) is 5.92 Å². The summed E-state index contributed by atoms with van der Waals surface area (Å²) in [7, 11) is 1.36. The molecule has 0 saturated carbocycles. The topological polar surface area (TPSA) is 65.0 Å². The molecule has 1 aliphatic heterocycles. The summed E-state index contributed by atoms with van der Waals surface area (Å²) in [5.74, 6) is -3.53. The molecule has 0 radical (unpaired) electrons. The van der Waals surface area contributed by atoms with Crippen molar-refractivity contribution in [3.63, 3.8) is 0 Å². The molecule has 118 valence electrons. The third-order valence-corrected chi connectivity index (χ3v) is 3.67. The van der Waals surface area contributed by atoms with E-state index in [-0.39, 0.29) is 17.1 Å². The summed E-state index contributed by atoms with van der Waals surface area (Å²) in [4.78, 5) is 1.57. The molecular formula is C14H20F2N2O3. The Kier molecular flexibility index (Phi) is 4.97. The standard InChI is InChI=1S/C14H20F2N2O3/c1-21-11-4-2-3-10(12(11)20)13(14(15,16)9-19)18-7-5-17-6-8-18/h2-4,13,17,19-20H,5-9H2,1H3/t13-/m1/s1. The Balaban J connectivity index is 2.44. The molecule has 5 nitrogen and oxygen atoms in total. The SMILES string of the molecule is COc1cccc([C@@H](N2CCNCC2)C(F)(F)CO)c1O. The van der Waals surface area contributed by atoms with Gasteiger partial charge in [0.2, 0.25) is 0 Å². The van der Waals surface area contributed by atoms with Crippen LogP contribution in [-0.2, 0) is 0 Å². The lowest BCUT2D eigenvalue weighted by Gasteiger charge is -2.39. The average molecular weight is 302 g/mol. The van der Waals surface area contributed by atoms with Gasteiger partial charge in [-0.25, -0.2) is 8.78 Å². The molecule has 0 aromatic heterocycles. The van der Waals surface area contributed by atoms with Crippen LogP contribution in [0.25, 0.3) is 0 Å². The fraction of sp³-hybridized carbons (Fsp3) is 0.571. The highest BCUT2D eigenvalue weighted by molar-refractivity contribution is 5.47. The number of para-hydroxylation sites is 1. The van der Waals surface area contributed by atoms with Gasteiger partial charge in [-0.05, 0) is 6.07 Å². The Morgan fingerprint density at radius 2 is 2.05 bits per heavy atom. The third-order valence-electron chi connectivity index (χ3n) is 3.67. The van der Waals surface area contributed by atoms with E-state index in [1.54, 1.807) is 11.0 Å². The van der Waals surface area contributed by atoms with Crippen molar-refractivity contribution in [3.8, 4) is 11.5 Å². The third kappa shape index (κ3) is 3.25. The van der Waals surface area contributed by atoms with Gasteiger partial charge in [0.05, 0.1) is 7.11 Å². The van der Waals surface area contributed by atoms with Gasteiger partial charge in [0.15, 0.2) is 11.5 Å². The van der Waals surface area contributed by atoms with Gasteiger partial charge in [-0.15, -0.1) is 0 Å². The maximum absolute atomic E-state index is 14.2. The van der Waals surface area contributed by atoms with Crippen LogP contribution in [-0.4, -0.2) is 60.9 Å². The van der Waals surface area contributed by atoms with Crippen molar-refractivity contribution in [1.82, 2.24) is 10.2 Å². The zero-order valence-corrected chi connectivity index (χ0v) is 11.9. The van der Waals surface area contributed by atoms with E-state index >= 15 is 0 Å². The number of aromatic hydroxyl groups is 1. The smallest absolute Gasteiger partial charge is 0.290 e. The van der Waals surface area contributed by atoms with Crippen LogP contribution >= 0.6 is 0 Å². The Hall–Kier alpha value is -1.44. The lowest BCUT2D eigenvalue weighted by Crippen LogP contribution is -2.51. The normalized spacial score (nSPS) is 18.5. The molecule has 1 aliphatic rings. The van der Waals surface area contributed by atoms with Gasteiger partial charge in [0.1, 0.15) is 12.6 Å². The number of methoxy groups -OCH3 is 1. The summed E-state index contributed by atoms with van der Waals surface area (Å²) >= 11 is 0. The van der Waals surface area contributed by atoms with Crippen LogP contribution in [0.2, 0.25) is 0 Å². The number of hydrogen-bond donors (Lipinski definition) is 3. The Morgan fingerprint density at radius 1 is 1.38 bits per heavy atom. The second-order valence-corrected chi connectivity index (χ2v) is 5.01. The second kappa shape index (κ2) is 6.55. The molecule has 0 bridgehead atoms. The first-order valence-electron chi connectivity index (χ1n) is 6.80. The molecule has 1 saturated heterocycles. The minimum absolute atomic E-state index is 0.0651. The summed E-state index contributed by atoms with van der Waals surface area (Å²) < 4.78 is 33.5. The number of aliphatic hydroxyl groups is 1. The van der Waals surface area contributed by atoms with E-state index in [0.29, 0.717) is 26.2 Å². The number of ether oxygens (including phenoxy) is 1. The first-order valence-corrected chi connectivity index (χ1v) is 6.80. The van der Waals surface area contributed by atoms with Crippen LogP contribution in [0.1, 0.15) is 11.6 Å². The Labute approximate surface area is 122 Å². The lowest BCUT2D eigenvalue weighted by atomic mass is 9.97. The van der Waals surface area contributed by atoms with Crippen molar-refractivity contribution < 1.29 is 23.7 Å². The first kappa shape index (κ1) is 15.9. The highest BCUT2D eigenvalue weighted by Gasteiger charge is 2.45. The molecule has 2 rings (SSSR count). The van der Waals surface area contributed by atoms with E-state index < -0.39 is 18.6 Å². The fourth-order valence-corrected chi connectivity index (χ4v) is 2.64. The first-order chi connectivity index (χ1) is 10.0. The predicted octanol–water partition coefficient (Wildman–Crippen LogP) is 0.975. The van der Waals surface area contributed by atoms with Crippen molar-refractivity contribution in [1.29, 1.82) is 0 Å². The molecule has 1 aromatic carbocycles. The van der Waals surface area contributed by atoms with Gasteiger partial charge in [-0.2, -0.15) is 0 Å². The van der Waals surface area contributed by atoms with Crippen molar-refractivity contribution in [2.24, 2.45) is 0 Å². The monoisotopic (exact) mass is 302 g/mol. The predicted molar refractivity (Wildman–Crippen MR) is 73.9 cm³/mol. The zero-order chi connectivity index (χ0) is 15.5. The lowest BCUT2D eigenvalue weighted by molar-refractivity contribution is -0.119. The van der Waals surface area contributed by atoms with Crippen LogP contribution in [0.3, 0.4) is 0 Å². The number of rotatable bonds is 5. The Morgan fingerprint density at radius 3 is 2.62 bits per heavy atom. The number of hydrogen-bond acceptors (Lipinski definition) is 5. The number of phenols is 1. The van der Waals surface area contributed by atoms with E-state index in [4.69, 9.17) is 9.84 Å². The second-order valence-electron chi connectivity index (χ2n) is 5.01. The summed E-state index contributed by atoms with van der Waals surface area (Å²) in [6, 6.07) is 3.11. The van der Waals surface area contributed by atoms with Crippen LogP contribution in [0.15, 0.2) is 18.2 Å².